The van der Waals surface area contributed by atoms with Gasteiger partial charge in [-0.25, -0.2) is 0 Å². The Bertz CT molecular complexity index is 616. The van der Waals surface area contributed by atoms with Gasteiger partial charge in [0.05, 0.1) is 0 Å². The molecule has 1 atom stereocenters. The smallest absolute Gasteiger partial charge is 0.229 e. The average Bonchev–Trinajstić information content (AvgIpc) is 3.04. The molecular weight excluding hydrogens is 338 g/mol. The number of aryl methyl sites for hydroxylation is 1. The molecule has 6 heteroatoms. The molecule has 0 fully saturated rings. The Morgan fingerprint density at radius 1 is 1.25 bits per heavy atom. The number of nitrogens with zero attached hydrogens (tertiary/aromatic N) is 2. The Kier molecular flexibility index (Phi) is 8.25. The zero-order valence-electron chi connectivity index (χ0n) is 14.3. The number of hydrogen-bond acceptors (Lipinski definition) is 5. The first kappa shape index (κ1) is 18.9. The molecule has 0 aliphatic rings. The second-order valence-corrected chi connectivity index (χ2v) is 8.01. The zero-order chi connectivity index (χ0) is 17.2. The van der Waals surface area contributed by atoms with Crippen molar-refractivity contribution in [2.24, 2.45) is 5.92 Å². The molecule has 0 spiro atoms. The van der Waals surface area contributed by atoms with E-state index in [2.05, 4.69) is 53.6 Å². The summed E-state index contributed by atoms with van der Waals surface area (Å²) in [5.74, 6) is 1.10. The molecule has 1 unspecified atom stereocenters. The van der Waals surface area contributed by atoms with Crippen molar-refractivity contribution < 1.29 is 4.79 Å². The number of unbranched alkanes of at least 4 members (excludes halogenated alkanes) is 1. The van der Waals surface area contributed by atoms with Crippen molar-refractivity contribution in [3.05, 3.63) is 35.9 Å². The predicted molar refractivity (Wildman–Crippen MR) is 103 cm³/mol. The van der Waals surface area contributed by atoms with E-state index in [0.29, 0.717) is 5.13 Å². The summed E-state index contributed by atoms with van der Waals surface area (Å²) in [7, 11) is 0. The van der Waals surface area contributed by atoms with Crippen molar-refractivity contribution in [1.29, 1.82) is 0 Å². The third-order valence-corrected chi connectivity index (χ3v) is 5.84. The molecule has 2 rings (SSSR count). The lowest BCUT2D eigenvalue weighted by Gasteiger charge is -2.12. The Balaban J connectivity index is 1.78. The second kappa shape index (κ2) is 10.5. The van der Waals surface area contributed by atoms with Crippen LogP contribution in [-0.4, -0.2) is 21.9 Å². The highest BCUT2D eigenvalue weighted by atomic mass is 32.2. The maximum Gasteiger partial charge on any atom is 0.229 e. The van der Waals surface area contributed by atoms with E-state index in [4.69, 9.17) is 0 Å². The van der Waals surface area contributed by atoms with Crippen LogP contribution < -0.4 is 5.32 Å². The van der Waals surface area contributed by atoms with Crippen LogP contribution in [0, 0.1) is 5.92 Å². The van der Waals surface area contributed by atoms with E-state index < -0.39 is 0 Å². The number of carbonyl (C=O) groups is 1. The van der Waals surface area contributed by atoms with Crippen LogP contribution in [0.1, 0.15) is 45.1 Å². The Hall–Kier alpha value is -1.40. The largest absolute Gasteiger partial charge is 0.300 e. The molecule has 1 amide bonds. The van der Waals surface area contributed by atoms with Gasteiger partial charge in [0.1, 0.15) is 0 Å². The van der Waals surface area contributed by atoms with Crippen LogP contribution >= 0.6 is 23.1 Å². The standard InChI is InChI=1S/C18H25N3OS2/c1-3-5-11-15(4-2)16(22)19-17-20-21-18(24-17)23-13-12-14-9-7-6-8-10-14/h6-10,15H,3-5,11-13H2,1-2H3,(H,19,20,22). The summed E-state index contributed by atoms with van der Waals surface area (Å²) in [4.78, 5) is 12.3. The summed E-state index contributed by atoms with van der Waals surface area (Å²) in [5.41, 5.74) is 1.32. The molecule has 1 heterocycles. The SMILES string of the molecule is CCCCC(CC)C(=O)Nc1nnc(SCCc2ccccc2)s1. The van der Waals surface area contributed by atoms with Gasteiger partial charge in [-0.3, -0.25) is 4.79 Å². The molecule has 0 bridgehead atoms. The highest BCUT2D eigenvalue weighted by Crippen LogP contribution is 2.27. The van der Waals surface area contributed by atoms with E-state index in [9.17, 15) is 4.79 Å². The molecule has 24 heavy (non-hydrogen) atoms. The van der Waals surface area contributed by atoms with Gasteiger partial charge in [0.2, 0.25) is 11.0 Å². The number of anilines is 1. The fourth-order valence-corrected chi connectivity index (χ4v) is 4.21. The van der Waals surface area contributed by atoms with Gasteiger partial charge in [-0.1, -0.05) is 80.1 Å². The number of aromatic nitrogens is 2. The van der Waals surface area contributed by atoms with E-state index in [1.165, 1.54) is 16.9 Å². The van der Waals surface area contributed by atoms with Gasteiger partial charge in [-0.05, 0) is 24.8 Å². The topological polar surface area (TPSA) is 54.9 Å². The highest BCUT2D eigenvalue weighted by molar-refractivity contribution is 8.01. The van der Waals surface area contributed by atoms with E-state index in [0.717, 1.165) is 42.2 Å². The van der Waals surface area contributed by atoms with Crippen molar-refractivity contribution in [3.8, 4) is 0 Å². The van der Waals surface area contributed by atoms with Gasteiger partial charge < -0.3 is 5.32 Å². The number of carbonyl (C=O) groups excluding carboxylic acids is 1. The second-order valence-electron chi connectivity index (χ2n) is 5.69. The van der Waals surface area contributed by atoms with Gasteiger partial charge in [-0.15, -0.1) is 10.2 Å². The summed E-state index contributed by atoms with van der Waals surface area (Å²) in [5, 5.41) is 11.8. The fraction of sp³-hybridized carbons (Fsp3) is 0.500. The molecule has 0 radical (unpaired) electrons. The molecular formula is C18H25N3OS2. The summed E-state index contributed by atoms with van der Waals surface area (Å²) < 4.78 is 0.905. The van der Waals surface area contributed by atoms with Crippen LogP contribution in [0.5, 0.6) is 0 Å². The monoisotopic (exact) mass is 363 g/mol. The third-order valence-electron chi connectivity index (χ3n) is 3.87. The van der Waals surface area contributed by atoms with Crippen molar-refractivity contribution in [2.45, 2.75) is 50.3 Å². The van der Waals surface area contributed by atoms with Crippen LogP contribution in [0.3, 0.4) is 0 Å². The molecule has 0 aliphatic heterocycles. The number of nitrogens with one attached hydrogen (secondary N) is 1. The minimum absolute atomic E-state index is 0.0722. The number of benzene rings is 1. The predicted octanol–water partition coefficient (Wildman–Crippen LogP) is 5.03. The molecule has 1 N–H and O–H groups in total. The van der Waals surface area contributed by atoms with E-state index in [-0.39, 0.29) is 11.8 Å². The maximum atomic E-state index is 12.3. The number of thioether (sulfide) groups is 1. The van der Waals surface area contributed by atoms with Crippen molar-refractivity contribution >= 4 is 34.1 Å². The first-order valence-corrected chi connectivity index (χ1v) is 10.3. The van der Waals surface area contributed by atoms with Gasteiger partial charge >= 0.3 is 0 Å². The Morgan fingerprint density at radius 2 is 2.04 bits per heavy atom. The number of amides is 1. The summed E-state index contributed by atoms with van der Waals surface area (Å²) >= 11 is 3.14. The number of hydrogen-bond donors (Lipinski definition) is 1. The lowest BCUT2D eigenvalue weighted by molar-refractivity contribution is -0.120. The maximum absolute atomic E-state index is 12.3. The molecule has 1 aromatic heterocycles. The molecule has 0 saturated heterocycles. The quantitative estimate of drug-likeness (QED) is 0.475. The Labute approximate surface area is 152 Å². The van der Waals surface area contributed by atoms with Crippen LogP contribution in [-0.2, 0) is 11.2 Å². The third kappa shape index (κ3) is 6.24. The molecule has 2 aromatic rings. The van der Waals surface area contributed by atoms with Crippen LogP contribution in [0.4, 0.5) is 5.13 Å². The first-order valence-electron chi connectivity index (χ1n) is 8.54. The lowest BCUT2D eigenvalue weighted by atomic mass is 9.99. The van der Waals surface area contributed by atoms with Gasteiger partial charge in [0.25, 0.3) is 0 Å². The van der Waals surface area contributed by atoms with Crippen LogP contribution in [0.15, 0.2) is 34.7 Å². The number of rotatable bonds is 10. The van der Waals surface area contributed by atoms with Gasteiger partial charge in [0.15, 0.2) is 4.34 Å². The Morgan fingerprint density at radius 3 is 2.75 bits per heavy atom. The van der Waals surface area contributed by atoms with Crippen molar-refractivity contribution in [1.82, 2.24) is 10.2 Å². The van der Waals surface area contributed by atoms with Crippen molar-refractivity contribution in [3.63, 3.8) is 0 Å². The highest BCUT2D eigenvalue weighted by Gasteiger charge is 2.17. The average molecular weight is 364 g/mol. The molecule has 0 aliphatic carbocycles. The first-order chi connectivity index (χ1) is 11.7. The normalized spacial score (nSPS) is 12.1. The summed E-state index contributed by atoms with van der Waals surface area (Å²) in [6.45, 7) is 4.21. The zero-order valence-corrected chi connectivity index (χ0v) is 16.0. The minimum Gasteiger partial charge on any atom is -0.300 e. The fourth-order valence-electron chi connectivity index (χ4n) is 2.40. The molecule has 4 nitrogen and oxygen atoms in total. The van der Waals surface area contributed by atoms with Crippen LogP contribution in [0.2, 0.25) is 0 Å². The van der Waals surface area contributed by atoms with E-state index in [1.807, 2.05) is 6.07 Å². The van der Waals surface area contributed by atoms with E-state index in [1.54, 1.807) is 11.8 Å². The lowest BCUT2D eigenvalue weighted by Crippen LogP contribution is -2.22. The molecule has 130 valence electrons. The minimum atomic E-state index is 0.0722. The summed E-state index contributed by atoms with van der Waals surface area (Å²) in [6, 6.07) is 10.4. The van der Waals surface area contributed by atoms with Crippen molar-refractivity contribution in [2.75, 3.05) is 11.1 Å². The molecule has 1 aromatic carbocycles. The van der Waals surface area contributed by atoms with E-state index >= 15 is 0 Å². The van der Waals surface area contributed by atoms with Gasteiger partial charge in [0, 0.05) is 11.7 Å². The summed E-state index contributed by atoms with van der Waals surface area (Å²) in [6.07, 6.45) is 5.01. The van der Waals surface area contributed by atoms with Gasteiger partial charge in [-0.2, -0.15) is 0 Å². The van der Waals surface area contributed by atoms with Crippen LogP contribution in [0.25, 0.3) is 0 Å². The molecule has 0 saturated carbocycles.